The van der Waals surface area contributed by atoms with Gasteiger partial charge in [-0.1, -0.05) is 18.2 Å². The fourth-order valence-corrected chi connectivity index (χ4v) is 6.26. The van der Waals surface area contributed by atoms with Crippen LogP contribution in [-0.4, -0.2) is 66.7 Å². The minimum absolute atomic E-state index is 0.00393. The molecule has 6 atom stereocenters. The second-order valence-corrected chi connectivity index (χ2v) is 8.04. The average Bonchev–Trinajstić information content (AvgIpc) is 3.09. The molecule has 0 aromatic heterocycles. The summed E-state index contributed by atoms with van der Waals surface area (Å²) >= 11 is 0. The van der Waals surface area contributed by atoms with Gasteiger partial charge in [0.25, 0.3) is 0 Å². The molecule has 134 valence electrons. The fourth-order valence-electron chi connectivity index (χ4n) is 6.26. The molecule has 1 aromatic rings. The van der Waals surface area contributed by atoms with Crippen molar-refractivity contribution in [3.8, 4) is 5.75 Å². The summed E-state index contributed by atoms with van der Waals surface area (Å²) in [4.78, 5) is 4.74. The van der Waals surface area contributed by atoms with Gasteiger partial charge in [-0.2, -0.15) is 0 Å². The van der Waals surface area contributed by atoms with E-state index in [2.05, 4.69) is 41.1 Å². The summed E-state index contributed by atoms with van der Waals surface area (Å²) < 4.78 is 5.44. The molecule has 1 aliphatic carbocycles. The lowest BCUT2D eigenvalue weighted by Crippen LogP contribution is -2.57. The van der Waals surface area contributed by atoms with Crippen LogP contribution >= 0.6 is 0 Å². The Morgan fingerprint density at radius 1 is 1.20 bits per heavy atom. The van der Waals surface area contributed by atoms with Crippen LogP contribution in [0.4, 0.5) is 5.69 Å². The third-order valence-electron chi connectivity index (χ3n) is 7.12. The summed E-state index contributed by atoms with van der Waals surface area (Å²) in [5.41, 5.74) is 2.33. The molecule has 2 fully saturated rings. The van der Waals surface area contributed by atoms with Crippen molar-refractivity contribution in [2.45, 2.75) is 42.5 Å². The maximum absolute atomic E-state index is 11.1. The van der Waals surface area contributed by atoms with Crippen molar-refractivity contribution in [2.75, 3.05) is 32.1 Å². The number of benzene rings is 1. The minimum Gasteiger partial charge on any atom is -0.497 e. The number of nitrogens with zero attached hydrogens (tertiary/aromatic N) is 2. The van der Waals surface area contributed by atoms with Crippen LogP contribution in [0.2, 0.25) is 0 Å². The van der Waals surface area contributed by atoms with Crippen molar-refractivity contribution in [2.24, 2.45) is 5.92 Å². The van der Waals surface area contributed by atoms with Crippen LogP contribution < -0.4 is 9.64 Å². The van der Waals surface area contributed by atoms with E-state index in [1.165, 1.54) is 5.56 Å². The van der Waals surface area contributed by atoms with Gasteiger partial charge in [-0.25, -0.2) is 0 Å². The molecule has 25 heavy (non-hydrogen) atoms. The number of hydrogen-bond donors (Lipinski definition) is 2. The number of rotatable bonds is 1. The minimum atomic E-state index is -0.544. The van der Waals surface area contributed by atoms with E-state index in [0.29, 0.717) is 6.42 Å². The van der Waals surface area contributed by atoms with Crippen molar-refractivity contribution in [1.82, 2.24) is 4.90 Å². The predicted octanol–water partition coefficient (Wildman–Crippen LogP) is 1.14. The molecule has 0 radical (unpaired) electrons. The highest BCUT2D eigenvalue weighted by Gasteiger charge is 2.65. The summed E-state index contributed by atoms with van der Waals surface area (Å²) in [7, 11) is 3.77. The monoisotopic (exact) mass is 342 g/mol. The quantitative estimate of drug-likeness (QED) is 0.750. The maximum atomic E-state index is 11.1. The third kappa shape index (κ3) is 1.84. The number of aliphatic hydroxyl groups excluding tert-OH is 2. The Hall–Kier alpha value is -1.56. The first kappa shape index (κ1) is 15.7. The van der Waals surface area contributed by atoms with Crippen molar-refractivity contribution in [3.05, 3.63) is 35.9 Å². The van der Waals surface area contributed by atoms with Crippen LogP contribution in [0.15, 0.2) is 30.4 Å². The second-order valence-electron chi connectivity index (χ2n) is 8.04. The van der Waals surface area contributed by atoms with Crippen molar-refractivity contribution in [1.29, 1.82) is 0 Å². The van der Waals surface area contributed by atoms with Crippen LogP contribution in [0.3, 0.4) is 0 Å². The normalized spacial score (nSPS) is 41.9. The van der Waals surface area contributed by atoms with Crippen molar-refractivity contribution in [3.63, 3.8) is 0 Å². The second kappa shape index (κ2) is 5.22. The highest BCUT2D eigenvalue weighted by molar-refractivity contribution is 5.68. The highest BCUT2D eigenvalue weighted by Crippen LogP contribution is 2.59. The predicted molar refractivity (Wildman–Crippen MR) is 96.1 cm³/mol. The van der Waals surface area contributed by atoms with Crippen LogP contribution in [0.25, 0.3) is 0 Å². The van der Waals surface area contributed by atoms with Gasteiger partial charge in [-0.3, -0.25) is 4.90 Å². The van der Waals surface area contributed by atoms with E-state index in [0.717, 1.165) is 30.9 Å². The molecule has 1 saturated carbocycles. The number of ether oxygens (including phenoxy) is 1. The van der Waals surface area contributed by atoms with E-state index in [9.17, 15) is 10.2 Å². The van der Waals surface area contributed by atoms with Gasteiger partial charge in [0.2, 0.25) is 0 Å². The van der Waals surface area contributed by atoms with Gasteiger partial charge < -0.3 is 19.8 Å². The Kier molecular flexibility index (Phi) is 3.28. The van der Waals surface area contributed by atoms with E-state index in [4.69, 9.17) is 4.74 Å². The Morgan fingerprint density at radius 3 is 2.84 bits per heavy atom. The molecule has 1 saturated heterocycles. The smallest absolute Gasteiger partial charge is 0.120 e. The summed E-state index contributed by atoms with van der Waals surface area (Å²) in [5, 5.41) is 21.9. The lowest BCUT2D eigenvalue weighted by atomic mass is 9.66. The van der Waals surface area contributed by atoms with Crippen LogP contribution in [0, 0.1) is 5.92 Å². The first-order chi connectivity index (χ1) is 12.1. The summed E-state index contributed by atoms with van der Waals surface area (Å²) in [6.45, 7) is 1.95. The van der Waals surface area contributed by atoms with Crippen LogP contribution in [0.1, 0.15) is 18.4 Å². The molecule has 3 heterocycles. The number of fused-ring (bicyclic) bond motifs is 1. The van der Waals surface area contributed by atoms with Gasteiger partial charge >= 0.3 is 0 Å². The zero-order chi connectivity index (χ0) is 17.3. The molecular weight excluding hydrogens is 316 g/mol. The van der Waals surface area contributed by atoms with Gasteiger partial charge in [-0.15, -0.1) is 0 Å². The average molecular weight is 342 g/mol. The van der Waals surface area contributed by atoms with E-state index in [1.54, 1.807) is 7.11 Å². The molecule has 1 spiro atoms. The first-order valence-electron chi connectivity index (χ1n) is 9.26. The lowest BCUT2D eigenvalue weighted by molar-refractivity contribution is 0.0449. The number of hydrogen-bond acceptors (Lipinski definition) is 5. The number of anilines is 1. The zero-order valence-electron chi connectivity index (χ0n) is 14.8. The first-order valence-corrected chi connectivity index (χ1v) is 9.26. The van der Waals surface area contributed by atoms with E-state index in [1.807, 2.05) is 6.07 Å². The fraction of sp³-hybridized carbons (Fsp3) is 0.600. The molecule has 5 rings (SSSR count). The Balaban J connectivity index is 1.75. The molecule has 3 aliphatic heterocycles. The van der Waals surface area contributed by atoms with Crippen LogP contribution in [-0.2, 0) is 5.41 Å². The molecule has 5 nitrogen and oxygen atoms in total. The third-order valence-corrected chi connectivity index (χ3v) is 7.12. The number of aliphatic hydroxyl groups is 2. The van der Waals surface area contributed by atoms with E-state index >= 15 is 0 Å². The summed E-state index contributed by atoms with van der Waals surface area (Å²) in [6, 6.07) is 6.56. The largest absolute Gasteiger partial charge is 0.497 e. The molecule has 5 heteroatoms. The molecule has 2 N–H and O–H groups in total. The Labute approximate surface area is 148 Å². The molecular formula is C20H26N2O3. The van der Waals surface area contributed by atoms with Crippen molar-refractivity contribution >= 4 is 5.69 Å². The van der Waals surface area contributed by atoms with Gasteiger partial charge in [0.05, 0.1) is 25.4 Å². The summed E-state index contributed by atoms with van der Waals surface area (Å²) in [6.07, 6.45) is 4.79. The van der Waals surface area contributed by atoms with Gasteiger partial charge in [0, 0.05) is 49.1 Å². The van der Waals surface area contributed by atoms with Crippen molar-refractivity contribution < 1.29 is 14.9 Å². The number of methoxy groups -OCH3 is 1. The number of likely N-dealkylation sites (N-methyl/N-ethyl adjacent to an activating group) is 1. The standard InChI is InChI=1S/C20H26N2O3/c1-21-15-10-12(25-2)5-6-14(15)20-7-9-22-8-3-4-13(18(20)22)16(23)11-17(24)19(20)21/h3-6,10,13,16-19,23-24H,7-9,11H2,1-2H3. The van der Waals surface area contributed by atoms with Gasteiger partial charge in [0.15, 0.2) is 0 Å². The Morgan fingerprint density at radius 2 is 2.04 bits per heavy atom. The van der Waals surface area contributed by atoms with Gasteiger partial charge in [-0.05, 0) is 24.6 Å². The Bertz CT molecular complexity index is 736. The van der Waals surface area contributed by atoms with E-state index < -0.39 is 12.2 Å². The highest BCUT2D eigenvalue weighted by atomic mass is 16.5. The zero-order valence-corrected chi connectivity index (χ0v) is 14.8. The SMILES string of the molecule is COc1ccc2c(c1)N(C)C1C(O)CC(O)C3C=CCN4CCC21C34. The van der Waals surface area contributed by atoms with E-state index in [-0.39, 0.29) is 23.4 Å². The molecule has 0 bridgehead atoms. The molecule has 6 unspecified atom stereocenters. The van der Waals surface area contributed by atoms with Gasteiger partial charge in [0.1, 0.15) is 5.75 Å². The molecule has 1 aromatic carbocycles. The lowest BCUT2D eigenvalue weighted by Gasteiger charge is -2.44. The summed E-state index contributed by atoms with van der Waals surface area (Å²) in [5.74, 6) is 0.931. The topological polar surface area (TPSA) is 56.2 Å². The molecule has 4 aliphatic rings. The molecule has 0 amide bonds. The van der Waals surface area contributed by atoms with Crippen LogP contribution in [0.5, 0.6) is 5.75 Å². The maximum Gasteiger partial charge on any atom is 0.120 e.